The number of nitrogens with zero attached hydrogens (tertiary/aromatic N) is 2. The Labute approximate surface area is 241 Å². The minimum atomic E-state index is -5.09. The van der Waals surface area contributed by atoms with Gasteiger partial charge >= 0.3 is 6.18 Å². The van der Waals surface area contributed by atoms with Crippen molar-refractivity contribution >= 4 is 15.7 Å². The third-order valence-corrected chi connectivity index (χ3v) is 9.33. The van der Waals surface area contributed by atoms with E-state index in [-0.39, 0.29) is 17.5 Å². The van der Waals surface area contributed by atoms with Crippen LogP contribution in [0.25, 0.3) is 0 Å². The molecule has 0 bridgehead atoms. The molecule has 0 radical (unpaired) electrons. The minimum absolute atomic E-state index is 0.0337. The Morgan fingerprint density at radius 1 is 1.10 bits per heavy atom. The van der Waals surface area contributed by atoms with E-state index in [1.165, 1.54) is 24.3 Å². The number of sulfone groups is 1. The summed E-state index contributed by atoms with van der Waals surface area (Å²) in [6.45, 7) is 0. The average molecular weight is 601 g/mol. The quantitative estimate of drug-likeness (QED) is 0.311. The number of halogens is 4. The van der Waals surface area contributed by atoms with Crippen LogP contribution in [0.5, 0.6) is 0 Å². The van der Waals surface area contributed by atoms with E-state index in [4.69, 9.17) is 5.26 Å². The molecular formula is C30H28F4N4O3S. The molecule has 1 amide bonds. The van der Waals surface area contributed by atoms with Gasteiger partial charge in [-0.25, -0.2) is 12.8 Å². The van der Waals surface area contributed by atoms with Gasteiger partial charge in [-0.1, -0.05) is 60.7 Å². The Bertz CT molecular complexity index is 1560. The van der Waals surface area contributed by atoms with E-state index in [1.807, 2.05) is 6.07 Å². The summed E-state index contributed by atoms with van der Waals surface area (Å²) in [6.07, 6.45) is 1.04. The van der Waals surface area contributed by atoms with Crippen LogP contribution in [-0.4, -0.2) is 49.6 Å². The normalized spacial score (nSPS) is 22.4. The molecule has 0 aromatic heterocycles. The minimum Gasteiger partial charge on any atom is -0.339 e. The fourth-order valence-corrected chi connectivity index (χ4v) is 6.37. The van der Waals surface area contributed by atoms with Gasteiger partial charge in [0.1, 0.15) is 22.6 Å². The van der Waals surface area contributed by atoms with Gasteiger partial charge in [-0.05, 0) is 42.0 Å². The van der Waals surface area contributed by atoms with Gasteiger partial charge in [0, 0.05) is 18.6 Å². The van der Waals surface area contributed by atoms with Gasteiger partial charge in [0.2, 0.25) is 5.91 Å². The molecule has 220 valence electrons. The van der Waals surface area contributed by atoms with Crippen LogP contribution in [0.15, 0.2) is 72.8 Å². The maximum atomic E-state index is 14.7. The number of nitriles is 2. The average Bonchev–Trinajstić information content (AvgIpc) is 3.78. The number of nitrogens with one attached hydrogen (secondary N) is 2. The van der Waals surface area contributed by atoms with Crippen molar-refractivity contribution in [1.82, 2.24) is 10.6 Å². The molecule has 1 fully saturated rings. The predicted molar refractivity (Wildman–Crippen MR) is 147 cm³/mol. The fraction of sp³-hybridized carbons (Fsp3) is 0.367. The number of benzene rings is 2. The van der Waals surface area contributed by atoms with E-state index in [0.29, 0.717) is 12.8 Å². The lowest BCUT2D eigenvalue weighted by atomic mass is 9.86. The highest BCUT2D eigenvalue weighted by atomic mass is 32.2. The molecule has 42 heavy (non-hydrogen) atoms. The highest BCUT2D eigenvalue weighted by molar-refractivity contribution is 7.92. The number of hydrogen-bond acceptors (Lipinski definition) is 6. The van der Waals surface area contributed by atoms with Crippen LogP contribution in [0.3, 0.4) is 0 Å². The molecule has 7 nitrogen and oxygen atoms in total. The van der Waals surface area contributed by atoms with Gasteiger partial charge < -0.3 is 5.32 Å². The molecule has 2 aromatic carbocycles. The first-order valence-corrected chi connectivity index (χ1v) is 15.0. The van der Waals surface area contributed by atoms with Crippen LogP contribution >= 0.6 is 0 Å². The van der Waals surface area contributed by atoms with Crippen LogP contribution in [0.1, 0.15) is 35.4 Å². The van der Waals surface area contributed by atoms with E-state index in [1.54, 1.807) is 36.4 Å². The monoisotopic (exact) mass is 600 g/mol. The van der Waals surface area contributed by atoms with E-state index in [2.05, 4.69) is 10.6 Å². The standard InChI is InChI=1S/C30H28F4N4O3S/c1-42(40,41)29(13-11-21(12-14-29)20-5-3-2-4-6-20)28(30(32,33)34)38-26(22-9-10-22)27(39)37-24(18-36)16-23-8-7-19(17-35)15-25(23)31/h2-8,11-15,21-22,24,26,28,38H,9-10,16H2,1H3,(H,37,39)/t21?,24-,26-,28+,29?/m0/s1. The fourth-order valence-electron chi connectivity index (χ4n) is 5.09. The topological polar surface area (TPSA) is 123 Å². The summed E-state index contributed by atoms with van der Waals surface area (Å²) in [4.78, 5) is 13.3. The highest BCUT2D eigenvalue weighted by Crippen LogP contribution is 2.42. The number of carbonyl (C=O) groups is 1. The Kier molecular flexibility index (Phi) is 8.90. The van der Waals surface area contributed by atoms with Crippen molar-refractivity contribution in [3.05, 3.63) is 95.3 Å². The van der Waals surface area contributed by atoms with Crippen LogP contribution in [-0.2, 0) is 21.1 Å². The lowest BCUT2D eigenvalue weighted by Gasteiger charge is -2.40. The summed E-state index contributed by atoms with van der Waals surface area (Å²) in [7, 11) is -4.44. The molecule has 2 N–H and O–H groups in total. The second kappa shape index (κ2) is 12.1. The van der Waals surface area contributed by atoms with Gasteiger partial charge in [-0.2, -0.15) is 23.7 Å². The summed E-state index contributed by atoms with van der Waals surface area (Å²) in [6, 6.07) is 10.6. The summed E-state index contributed by atoms with van der Waals surface area (Å²) in [5.74, 6) is -2.66. The lowest BCUT2D eigenvalue weighted by Crippen LogP contribution is -2.65. The van der Waals surface area contributed by atoms with Crippen LogP contribution in [0, 0.1) is 34.4 Å². The van der Waals surface area contributed by atoms with Gasteiger partial charge in [-0.3, -0.25) is 10.1 Å². The van der Waals surface area contributed by atoms with Crippen LogP contribution in [0.4, 0.5) is 17.6 Å². The zero-order valence-corrected chi connectivity index (χ0v) is 23.3. The number of carbonyl (C=O) groups excluding carboxylic acids is 1. The zero-order chi connectivity index (χ0) is 30.7. The van der Waals surface area contributed by atoms with E-state index >= 15 is 0 Å². The third-order valence-electron chi connectivity index (χ3n) is 7.53. The van der Waals surface area contributed by atoms with Gasteiger partial charge in [-0.15, -0.1) is 0 Å². The first-order chi connectivity index (χ1) is 19.8. The first-order valence-electron chi connectivity index (χ1n) is 13.1. The predicted octanol–water partition coefficient (Wildman–Crippen LogP) is 4.24. The summed E-state index contributed by atoms with van der Waals surface area (Å²) in [5, 5.41) is 23.2. The molecule has 0 saturated heterocycles. The summed E-state index contributed by atoms with van der Waals surface area (Å²) < 4.78 is 82.0. The largest absolute Gasteiger partial charge is 0.406 e. The molecule has 1 saturated carbocycles. The Morgan fingerprint density at radius 3 is 2.24 bits per heavy atom. The van der Waals surface area contributed by atoms with Crippen molar-refractivity contribution in [2.45, 2.75) is 54.2 Å². The molecule has 4 rings (SSSR count). The van der Waals surface area contributed by atoms with Crippen molar-refractivity contribution in [3.8, 4) is 12.1 Å². The number of hydrogen-bond donors (Lipinski definition) is 2. The number of amides is 1. The van der Waals surface area contributed by atoms with Crippen LogP contribution < -0.4 is 10.6 Å². The van der Waals surface area contributed by atoms with Crippen LogP contribution in [0.2, 0.25) is 0 Å². The molecule has 0 spiro atoms. The molecule has 2 aromatic rings. The SMILES string of the molecule is CS(=O)(=O)C1([C@@H](N[C@H](C(=O)N[C@H](C#N)Cc2ccc(C#N)cc2F)C2CC2)C(F)(F)F)C=CC(c2ccccc2)C=C1. The molecule has 0 heterocycles. The van der Waals surface area contributed by atoms with Gasteiger partial charge in [0.25, 0.3) is 0 Å². The molecule has 2 aliphatic rings. The number of allylic oxidation sites excluding steroid dienone is 2. The smallest absolute Gasteiger partial charge is 0.339 e. The zero-order valence-electron chi connectivity index (χ0n) is 22.5. The van der Waals surface area contributed by atoms with Gasteiger partial charge in [0.15, 0.2) is 9.84 Å². The van der Waals surface area contributed by atoms with Crippen molar-refractivity contribution in [3.63, 3.8) is 0 Å². The molecule has 0 unspecified atom stereocenters. The Morgan fingerprint density at radius 2 is 1.74 bits per heavy atom. The van der Waals surface area contributed by atoms with E-state index in [9.17, 15) is 36.0 Å². The van der Waals surface area contributed by atoms with Gasteiger partial charge in [0.05, 0.1) is 23.7 Å². The molecule has 0 aliphatic heterocycles. The summed E-state index contributed by atoms with van der Waals surface area (Å²) in [5.41, 5.74) is 0.859. The Hall–Kier alpha value is -4.00. The first kappa shape index (κ1) is 30.9. The lowest BCUT2D eigenvalue weighted by molar-refractivity contribution is -0.162. The van der Waals surface area contributed by atoms with Crippen molar-refractivity contribution in [2.75, 3.05) is 6.26 Å². The van der Waals surface area contributed by atoms with E-state index < -0.39 is 62.4 Å². The van der Waals surface area contributed by atoms with Crippen molar-refractivity contribution < 1.29 is 30.8 Å². The number of rotatable bonds is 10. The third kappa shape index (κ3) is 6.72. The Balaban J connectivity index is 1.60. The number of alkyl halides is 3. The maximum Gasteiger partial charge on any atom is 0.406 e. The molecule has 12 heteroatoms. The molecule has 3 atom stereocenters. The highest BCUT2D eigenvalue weighted by Gasteiger charge is 2.59. The van der Waals surface area contributed by atoms with Crippen molar-refractivity contribution in [1.29, 1.82) is 10.5 Å². The summed E-state index contributed by atoms with van der Waals surface area (Å²) >= 11 is 0. The molecule has 2 aliphatic carbocycles. The molecular weight excluding hydrogens is 572 g/mol. The second-order valence-corrected chi connectivity index (χ2v) is 12.8. The second-order valence-electron chi connectivity index (χ2n) is 10.5. The van der Waals surface area contributed by atoms with Crippen molar-refractivity contribution in [2.24, 2.45) is 5.92 Å². The van der Waals surface area contributed by atoms with E-state index in [0.717, 1.165) is 30.0 Å². The maximum absolute atomic E-state index is 14.7.